The second kappa shape index (κ2) is 11.4. The maximum absolute atomic E-state index is 13.2. The molecule has 0 bridgehead atoms. The molecule has 1 fully saturated rings. The summed E-state index contributed by atoms with van der Waals surface area (Å²) >= 11 is 2.36. The fourth-order valence-corrected chi connectivity index (χ4v) is 6.13. The number of thioether (sulfide) groups is 2. The molecule has 2 atom stereocenters. The minimum atomic E-state index is -1.89. The number of carboxylic acid groups (broad SMARTS) is 1. The number of aromatic nitrogens is 5. The van der Waals surface area contributed by atoms with Crippen molar-refractivity contribution in [3.63, 3.8) is 0 Å². The molecule has 2 aliphatic rings. The number of methoxy groups -OCH3 is 2. The zero-order valence-corrected chi connectivity index (χ0v) is 23.6. The van der Waals surface area contributed by atoms with Crippen molar-refractivity contribution in [2.24, 2.45) is 7.05 Å². The first-order chi connectivity index (χ1) is 17.1. The van der Waals surface area contributed by atoms with E-state index in [0.717, 1.165) is 12.0 Å². The van der Waals surface area contributed by atoms with Gasteiger partial charge in [0.05, 0.1) is 25.2 Å². The number of carbonyl (C=O) groups excluding carboxylic acids is 4. The number of aryl methyl sites for hydroxylation is 1. The van der Waals surface area contributed by atoms with E-state index in [0.29, 0.717) is 10.7 Å². The van der Waals surface area contributed by atoms with Crippen LogP contribution in [-0.2, 0) is 37.3 Å². The average Bonchev–Trinajstić information content (AvgIpc) is 3.43. The number of nitrogens with one attached hydrogen (secondary N) is 2. The zero-order chi connectivity index (χ0) is 26.2. The molecule has 16 nitrogen and oxygen atoms in total. The fourth-order valence-electron chi connectivity index (χ4n) is 3.70. The second-order valence-electron chi connectivity index (χ2n) is 7.44. The SMILES string of the molecule is COC(=O)c1c(CC(=O)N[C@]2(OC)C(=O)N3C(C(=O)[O-])=C(CSc4nnnn4C)CS[C@H]32)o[nH]c1=O.[Na+]. The number of hydrogen-bond donors (Lipinski definition) is 2. The number of hydrogen-bond acceptors (Lipinski definition) is 14. The third-order valence-corrected chi connectivity index (χ3v) is 7.86. The minimum absolute atomic E-state index is 0. The van der Waals surface area contributed by atoms with Crippen LogP contribution in [0, 0.1) is 0 Å². The summed E-state index contributed by atoms with van der Waals surface area (Å²) in [6.07, 6.45) is -0.601. The Morgan fingerprint density at radius 2 is 2.08 bits per heavy atom. The first-order valence-electron chi connectivity index (χ1n) is 10.0. The number of nitrogens with zero attached hydrogens (tertiary/aromatic N) is 5. The molecule has 4 heterocycles. The van der Waals surface area contributed by atoms with Crippen LogP contribution in [0.5, 0.6) is 0 Å². The van der Waals surface area contributed by atoms with Crippen molar-refractivity contribution in [2.45, 2.75) is 22.7 Å². The minimum Gasteiger partial charge on any atom is -0.543 e. The van der Waals surface area contributed by atoms with E-state index in [-0.39, 0.29) is 52.5 Å². The molecule has 2 N–H and O–H groups in total. The van der Waals surface area contributed by atoms with Crippen LogP contribution in [0.2, 0.25) is 0 Å². The number of rotatable bonds is 9. The standard InChI is InChI=1S/C18H19N7O9S2.Na/c1-24-17(20-22-23-24)36-6-7-5-35-16-18(33-3,15(31)25(16)11(7)13(28)29)19-9(26)4-8-10(14(30)32-2)12(27)21-34-8;/h16H,4-6H2,1-3H3,(H,19,26)(H,21,27)(H,28,29);/q;+1/p-1/t16-,18-;/m0./s1. The van der Waals surface area contributed by atoms with Crippen LogP contribution in [0.4, 0.5) is 0 Å². The van der Waals surface area contributed by atoms with E-state index in [1.807, 2.05) is 5.16 Å². The summed E-state index contributed by atoms with van der Waals surface area (Å²) in [5, 5.41) is 26.9. The van der Waals surface area contributed by atoms with Gasteiger partial charge in [-0.05, 0) is 16.0 Å². The Labute approximate surface area is 238 Å². The van der Waals surface area contributed by atoms with Crippen molar-refractivity contribution in [3.8, 4) is 0 Å². The van der Waals surface area contributed by atoms with Gasteiger partial charge >= 0.3 is 35.5 Å². The number of esters is 1. The normalized spacial score (nSPS) is 20.6. The number of carbonyl (C=O) groups is 4. The molecule has 2 aliphatic heterocycles. The van der Waals surface area contributed by atoms with Crippen LogP contribution in [0.25, 0.3) is 0 Å². The molecule has 0 unspecified atom stereocenters. The molecule has 2 amide bonds. The number of tetrazole rings is 1. The van der Waals surface area contributed by atoms with Gasteiger partial charge in [-0.3, -0.25) is 19.3 Å². The third-order valence-electron chi connectivity index (χ3n) is 5.39. The summed E-state index contributed by atoms with van der Waals surface area (Å²) in [7, 11) is 3.87. The van der Waals surface area contributed by atoms with Crippen LogP contribution in [0.15, 0.2) is 25.7 Å². The maximum Gasteiger partial charge on any atom is 1.00 e. The van der Waals surface area contributed by atoms with E-state index in [4.69, 9.17) is 9.26 Å². The van der Waals surface area contributed by atoms with Gasteiger partial charge in [-0.15, -0.1) is 16.9 Å². The number of aromatic amines is 1. The van der Waals surface area contributed by atoms with Crippen LogP contribution in [0.1, 0.15) is 16.1 Å². The van der Waals surface area contributed by atoms with Gasteiger partial charge < -0.3 is 29.2 Å². The summed E-state index contributed by atoms with van der Waals surface area (Å²) in [5.74, 6) is -4.16. The van der Waals surface area contributed by atoms with E-state index in [1.165, 1.54) is 35.3 Å². The van der Waals surface area contributed by atoms with Crippen LogP contribution >= 0.6 is 23.5 Å². The molecule has 0 saturated carbocycles. The van der Waals surface area contributed by atoms with Gasteiger partial charge in [0, 0.05) is 25.7 Å². The van der Waals surface area contributed by atoms with Gasteiger partial charge in [0.1, 0.15) is 5.37 Å². The van der Waals surface area contributed by atoms with E-state index in [9.17, 15) is 29.1 Å². The Kier molecular flexibility index (Phi) is 8.91. The van der Waals surface area contributed by atoms with Gasteiger partial charge in [0.2, 0.25) is 11.1 Å². The Bertz CT molecular complexity index is 1340. The molecule has 1 saturated heterocycles. The Morgan fingerprint density at radius 1 is 1.35 bits per heavy atom. The van der Waals surface area contributed by atoms with Crippen molar-refractivity contribution in [2.75, 3.05) is 25.7 Å². The van der Waals surface area contributed by atoms with Gasteiger partial charge in [-0.25, -0.2) is 9.48 Å². The smallest absolute Gasteiger partial charge is 0.543 e. The molecule has 0 radical (unpaired) electrons. The predicted molar refractivity (Wildman–Crippen MR) is 117 cm³/mol. The summed E-state index contributed by atoms with van der Waals surface area (Å²) in [6, 6.07) is 0. The topological polar surface area (TPSA) is 215 Å². The molecular weight excluding hydrogens is 545 g/mol. The quantitative estimate of drug-likeness (QED) is 0.0955. The monoisotopic (exact) mass is 563 g/mol. The van der Waals surface area contributed by atoms with Crippen molar-refractivity contribution < 1.29 is 67.8 Å². The molecule has 0 spiro atoms. The number of H-pyrrole nitrogens is 1. The average molecular weight is 564 g/mol. The van der Waals surface area contributed by atoms with Crippen LogP contribution < -0.4 is 45.5 Å². The van der Waals surface area contributed by atoms with Crippen LogP contribution in [-0.4, -0.2) is 90.8 Å². The number of aliphatic carboxylic acids is 1. The van der Waals surface area contributed by atoms with Gasteiger partial charge in [0.15, 0.2) is 11.3 Å². The fraction of sp³-hybridized carbons (Fsp3) is 0.444. The van der Waals surface area contributed by atoms with Crippen molar-refractivity contribution in [3.05, 3.63) is 32.9 Å². The molecule has 4 rings (SSSR count). The molecule has 19 heteroatoms. The first kappa shape index (κ1) is 28.9. The Morgan fingerprint density at radius 3 is 2.68 bits per heavy atom. The van der Waals surface area contributed by atoms with Crippen molar-refractivity contribution in [1.29, 1.82) is 0 Å². The van der Waals surface area contributed by atoms with Crippen molar-refractivity contribution >= 4 is 47.3 Å². The predicted octanol–water partition coefficient (Wildman–Crippen LogP) is -6.01. The molecule has 37 heavy (non-hydrogen) atoms. The Hall–Kier alpha value is -2.64. The maximum atomic E-state index is 13.2. The van der Waals surface area contributed by atoms with E-state index < -0.39 is 52.4 Å². The van der Waals surface area contributed by atoms with E-state index in [1.54, 1.807) is 7.05 Å². The van der Waals surface area contributed by atoms with E-state index in [2.05, 4.69) is 25.6 Å². The van der Waals surface area contributed by atoms with Crippen molar-refractivity contribution in [1.82, 2.24) is 35.6 Å². The van der Waals surface area contributed by atoms with E-state index >= 15 is 0 Å². The Balaban J connectivity index is 0.00000380. The van der Waals surface area contributed by atoms with Crippen LogP contribution in [0.3, 0.4) is 0 Å². The summed E-state index contributed by atoms with van der Waals surface area (Å²) < 4.78 is 16.2. The molecule has 2 aromatic heterocycles. The molecular formula is C18H18N7NaO9S2. The molecule has 0 aliphatic carbocycles. The number of carboxylic acids is 1. The number of ether oxygens (including phenoxy) is 2. The summed E-state index contributed by atoms with van der Waals surface area (Å²) in [6.45, 7) is 0. The largest absolute Gasteiger partial charge is 1.00 e. The van der Waals surface area contributed by atoms with Gasteiger partial charge in [-0.1, -0.05) is 11.8 Å². The van der Waals surface area contributed by atoms with Gasteiger partial charge in [0.25, 0.3) is 17.2 Å². The number of β-lactam (4-membered cyclic amide) rings is 1. The molecule has 192 valence electrons. The number of fused-ring (bicyclic) bond motifs is 1. The van der Waals surface area contributed by atoms with Gasteiger partial charge in [-0.2, -0.15) is 5.16 Å². The molecule has 0 aromatic carbocycles. The zero-order valence-electron chi connectivity index (χ0n) is 19.9. The molecule has 2 aromatic rings. The summed E-state index contributed by atoms with van der Waals surface area (Å²) in [5.41, 5.74) is -3.18. The third kappa shape index (κ3) is 5.08. The second-order valence-corrected chi connectivity index (χ2v) is 9.45. The first-order valence-corrected chi connectivity index (χ1v) is 12.1. The summed E-state index contributed by atoms with van der Waals surface area (Å²) in [4.78, 5) is 62.5. The number of amides is 2.